The zero-order valence-electron chi connectivity index (χ0n) is 13.3. The molecule has 0 spiro atoms. The number of carbonyl (C=O) groups is 1. The van der Waals surface area contributed by atoms with Gasteiger partial charge in [-0.1, -0.05) is 39.0 Å². The van der Waals surface area contributed by atoms with Crippen LogP contribution in [0.2, 0.25) is 0 Å². The second-order valence-corrected chi connectivity index (χ2v) is 6.63. The molecule has 1 saturated heterocycles. The predicted octanol–water partition coefficient (Wildman–Crippen LogP) is 2.58. The monoisotopic (exact) mass is 303 g/mol. The Hall–Kier alpha value is -1.93. The fourth-order valence-corrected chi connectivity index (χ4v) is 2.70. The molecule has 1 aliphatic heterocycles. The minimum atomic E-state index is -0.604. The second-order valence-electron chi connectivity index (χ2n) is 6.63. The molecule has 1 aliphatic rings. The normalized spacial score (nSPS) is 17.9. The average Bonchev–Trinajstić information content (AvgIpc) is 2.49. The number of nitrogens with zero attached hydrogens (tertiary/aromatic N) is 3. The molecule has 0 aliphatic carbocycles. The summed E-state index contributed by atoms with van der Waals surface area (Å²) in [4.78, 5) is 16.0. The van der Waals surface area contributed by atoms with Crippen molar-refractivity contribution >= 4 is 5.91 Å². The molecule has 0 radical (unpaired) electrons. The molecule has 1 aromatic rings. The van der Waals surface area contributed by atoms with E-state index in [1.807, 2.05) is 30.6 Å². The van der Waals surface area contributed by atoms with Gasteiger partial charge in [-0.25, -0.2) is 4.39 Å². The van der Waals surface area contributed by atoms with Crippen LogP contribution in [-0.4, -0.2) is 41.9 Å². The van der Waals surface area contributed by atoms with Crippen LogP contribution in [0.3, 0.4) is 0 Å². The van der Waals surface area contributed by atoms with E-state index in [0.717, 1.165) is 0 Å². The Labute approximate surface area is 131 Å². The summed E-state index contributed by atoms with van der Waals surface area (Å²) in [5.74, 6) is -0.242. The van der Waals surface area contributed by atoms with Gasteiger partial charge in [-0.2, -0.15) is 5.26 Å². The summed E-state index contributed by atoms with van der Waals surface area (Å²) >= 11 is 0. The van der Waals surface area contributed by atoms with Crippen molar-refractivity contribution in [2.45, 2.75) is 26.8 Å². The highest BCUT2D eigenvalue weighted by atomic mass is 19.1. The van der Waals surface area contributed by atoms with Gasteiger partial charge < -0.3 is 4.90 Å². The van der Waals surface area contributed by atoms with Crippen molar-refractivity contribution in [3.63, 3.8) is 0 Å². The van der Waals surface area contributed by atoms with Gasteiger partial charge in [0.15, 0.2) is 0 Å². The summed E-state index contributed by atoms with van der Waals surface area (Å²) in [6.07, 6.45) is 0. The maximum absolute atomic E-state index is 13.9. The van der Waals surface area contributed by atoms with Crippen LogP contribution in [0.1, 0.15) is 32.4 Å². The van der Waals surface area contributed by atoms with E-state index in [1.54, 1.807) is 18.2 Å². The molecule has 1 unspecified atom stereocenters. The first-order valence-corrected chi connectivity index (χ1v) is 7.52. The van der Waals surface area contributed by atoms with Gasteiger partial charge >= 0.3 is 0 Å². The van der Waals surface area contributed by atoms with Crippen LogP contribution >= 0.6 is 0 Å². The lowest BCUT2D eigenvalue weighted by atomic mass is 9.94. The van der Waals surface area contributed by atoms with Gasteiger partial charge in [-0.05, 0) is 6.07 Å². The van der Waals surface area contributed by atoms with Gasteiger partial charge in [0.05, 0.1) is 6.07 Å². The van der Waals surface area contributed by atoms with Crippen molar-refractivity contribution in [3.05, 3.63) is 35.6 Å². The van der Waals surface area contributed by atoms with Crippen molar-refractivity contribution in [2.24, 2.45) is 5.41 Å². The maximum atomic E-state index is 13.9. The molecule has 1 fully saturated rings. The molecular formula is C17H22FN3O. The molecule has 1 heterocycles. The van der Waals surface area contributed by atoms with E-state index in [0.29, 0.717) is 31.7 Å². The highest BCUT2D eigenvalue weighted by Gasteiger charge is 2.32. The number of carbonyl (C=O) groups excluding carboxylic acids is 1. The van der Waals surface area contributed by atoms with E-state index in [2.05, 4.69) is 6.07 Å². The van der Waals surface area contributed by atoms with Crippen molar-refractivity contribution in [2.75, 3.05) is 26.2 Å². The van der Waals surface area contributed by atoms with Gasteiger partial charge in [0.2, 0.25) is 5.91 Å². The third kappa shape index (κ3) is 3.45. The Morgan fingerprint density at radius 2 is 1.82 bits per heavy atom. The topological polar surface area (TPSA) is 47.3 Å². The zero-order chi connectivity index (χ0) is 16.3. The average molecular weight is 303 g/mol. The second kappa shape index (κ2) is 6.45. The number of halogens is 1. The van der Waals surface area contributed by atoms with E-state index in [1.165, 1.54) is 6.07 Å². The quantitative estimate of drug-likeness (QED) is 0.843. The molecule has 2 rings (SSSR count). The first-order valence-electron chi connectivity index (χ1n) is 7.52. The molecule has 22 heavy (non-hydrogen) atoms. The third-order valence-electron chi connectivity index (χ3n) is 3.93. The largest absolute Gasteiger partial charge is 0.340 e. The van der Waals surface area contributed by atoms with E-state index in [9.17, 15) is 14.4 Å². The molecule has 0 aromatic heterocycles. The number of hydrogen-bond acceptors (Lipinski definition) is 3. The van der Waals surface area contributed by atoms with Gasteiger partial charge in [-0.3, -0.25) is 9.69 Å². The van der Waals surface area contributed by atoms with Crippen LogP contribution in [0.25, 0.3) is 0 Å². The van der Waals surface area contributed by atoms with Crippen molar-refractivity contribution in [1.29, 1.82) is 5.26 Å². The van der Waals surface area contributed by atoms with Crippen LogP contribution in [0, 0.1) is 22.6 Å². The van der Waals surface area contributed by atoms with Crippen molar-refractivity contribution < 1.29 is 9.18 Å². The van der Waals surface area contributed by atoms with E-state index in [4.69, 9.17) is 0 Å². The molecule has 0 N–H and O–H groups in total. The molecule has 1 aromatic carbocycles. The lowest BCUT2D eigenvalue weighted by Gasteiger charge is -2.39. The third-order valence-corrected chi connectivity index (χ3v) is 3.93. The predicted molar refractivity (Wildman–Crippen MR) is 82.4 cm³/mol. The van der Waals surface area contributed by atoms with E-state index < -0.39 is 11.5 Å². The van der Waals surface area contributed by atoms with Crippen LogP contribution < -0.4 is 0 Å². The molecular weight excluding hydrogens is 281 g/mol. The number of piperazine rings is 1. The van der Waals surface area contributed by atoms with Gasteiger partial charge in [-0.15, -0.1) is 0 Å². The number of benzene rings is 1. The highest BCUT2D eigenvalue weighted by molar-refractivity contribution is 5.81. The van der Waals surface area contributed by atoms with Gasteiger partial charge in [0, 0.05) is 37.2 Å². The molecule has 1 atom stereocenters. The van der Waals surface area contributed by atoms with Crippen LogP contribution in [0.15, 0.2) is 24.3 Å². The number of nitriles is 1. The van der Waals surface area contributed by atoms with Gasteiger partial charge in [0.25, 0.3) is 0 Å². The summed E-state index contributed by atoms with van der Waals surface area (Å²) < 4.78 is 13.9. The Balaban J connectivity index is 2.06. The molecule has 0 saturated carbocycles. The Morgan fingerprint density at radius 3 is 2.32 bits per heavy atom. The number of rotatable bonds is 2. The van der Waals surface area contributed by atoms with Crippen LogP contribution in [0.5, 0.6) is 0 Å². The fourth-order valence-electron chi connectivity index (χ4n) is 2.70. The molecule has 1 amide bonds. The lowest BCUT2D eigenvalue weighted by molar-refractivity contribution is -0.141. The first kappa shape index (κ1) is 16.4. The summed E-state index contributed by atoms with van der Waals surface area (Å²) in [5.41, 5.74) is 0.00287. The van der Waals surface area contributed by atoms with Crippen molar-refractivity contribution in [1.82, 2.24) is 9.80 Å². The number of amides is 1. The standard InChI is InChI=1S/C17H22FN3O/c1-17(2,3)16(22)21-10-8-20(9-11-21)15(12-19)13-6-4-5-7-14(13)18/h4-7,15H,8-11H2,1-3H3. The molecule has 118 valence electrons. The van der Waals surface area contributed by atoms with Crippen LogP contribution in [-0.2, 0) is 4.79 Å². The van der Waals surface area contributed by atoms with Gasteiger partial charge in [0.1, 0.15) is 11.9 Å². The van der Waals surface area contributed by atoms with E-state index in [-0.39, 0.29) is 11.7 Å². The minimum absolute atomic E-state index is 0.117. The summed E-state index contributed by atoms with van der Waals surface area (Å²) in [5, 5.41) is 9.42. The van der Waals surface area contributed by atoms with Crippen LogP contribution in [0.4, 0.5) is 4.39 Å². The fraction of sp³-hybridized carbons (Fsp3) is 0.529. The lowest BCUT2D eigenvalue weighted by Crippen LogP contribution is -2.52. The maximum Gasteiger partial charge on any atom is 0.228 e. The number of hydrogen-bond donors (Lipinski definition) is 0. The summed E-state index contributed by atoms with van der Waals surface area (Å²) in [6, 6.07) is 7.96. The zero-order valence-corrected chi connectivity index (χ0v) is 13.3. The Kier molecular flexibility index (Phi) is 4.82. The van der Waals surface area contributed by atoms with Crippen molar-refractivity contribution in [3.8, 4) is 6.07 Å². The van der Waals surface area contributed by atoms with E-state index >= 15 is 0 Å². The summed E-state index contributed by atoms with van der Waals surface area (Å²) in [6.45, 7) is 8.01. The SMILES string of the molecule is CC(C)(C)C(=O)N1CCN(C(C#N)c2ccccc2F)CC1. The first-order chi connectivity index (χ1) is 10.3. The smallest absolute Gasteiger partial charge is 0.228 e. The Bertz CT molecular complexity index is 580. The molecule has 4 nitrogen and oxygen atoms in total. The molecule has 5 heteroatoms. The summed E-state index contributed by atoms with van der Waals surface area (Å²) in [7, 11) is 0. The molecule has 0 bridgehead atoms. The Morgan fingerprint density at radius 1 is 1.23 bits per heavy atom. The highest BCUT2D eigenvalue weighted by Crippen LogP contribution is 2.25. The minimum Gasteiger partial charge on any atom is -0.340 e.